The summed E-state index contributed by atoms with van der Waals surface area (Å²) in [6.07, 6.45) is 6.86. The number of piperazine rings is 1. The van der Waals surface area contributed by atoms with Gasteiger partial charge < -0.3 is 33.6 Å². The number of carbonyl (C=O) groups excluding carboxylic acids is 4. The average Bonchev–Trinajstić information content (AvgIpc) is 1.74. The van der Waals surface area contributed by atoms with E-state index in [1.807, 2.05) is 30.6 Å². The number of nitrogens with one attached hydrogen (secondary N) is 1. The predicted octanol–water partition coefficient (Wildman–Crippen LogP) is 12.0. The van der Waals surface area contributed by atoms with Crippen LogP contribution in [0.5, 0.6) is 11.8 Å². The van der Waals surface area contributed by atoms with Gasteiger partial charge >= 0.3 is 12.1 Å². The first-order chi connectivity index (χ1) is 43.7. The number of nitrogens with zero attached hydrogens (tertiary/aromatic N) is 8. The van der Waals surface area contributed by atoms with E-state index in [4.69, 9.17) is 33.9 Å². The number of likely N-dealkylation sites (tertiary alicyclic amines) is 2. The van der Waals surface area contributed by atoms with Crippen LogP contribution < -0.4 is 19.7 Å². The SMILES string of the molecule is COCOc1cc(-c2ncc3c(N4C[C@H]5CC[C@@H](C4)N5C(=O)OC(C)(C)C)nc(OCC4(CN5CCC(CN6CCC(c7ccc8c(c7)CN(C7CCC(=O)NC7=O)C8=O)C(F)(F)C6)CC5)CC4)nc3c2F)c2c(C#C[Si](C(C)C)(C(C)C)C(C)C)c(F)ccc2c1. The number of hydrogen-bond acceptors (Lipinski definition) is 14. The van der Waals surface area contributed by atoms with Crippen LogP contribution in [0.25, 0.3) is 32.9 Å². The minimum atomic E-state index is -3.00. The minimum Gasteiger partial charge on any atom is -0.468 e. The van der Waals surface area contributed by atoms with Gasteiger partial charge in [-0.05, 0) is 155 Å². The largest absolute Gasteiger partial charge is 0.468 e. The molecule has 2 aromatic heterocycles. The van der Waals surface area contributed by atoms with Crippen LogP contribution in [0.3, 0.4) is 0 Å². The molecule has 12 rings (SSSR count). The van der Waals surface area contributed by atoms with Crippen LogP contribution in [0.2, 0.25) is 16.6 Å². The maximum atomic E-state index is 18.3. The van der Waals surface area contributed by atoms with Crippen molar-refractivity contribution in [1.29, 1.82) is 0 Å². The number of methoxy groups -OCH3 is 1. The van der Waals surface area contributed by atoms with E-state index < -0.39 is 49.1 Å². The molecule has 5 aromatic rings. The molecule has 8 heterocycles. The van der Waals surface area contributed by atoms with E-state index in [1.165, 1.54) is 18.1 Å². The Morgan fingerprint density at radius 1 is 0.848 bits per heavy atom. The van der Waals surface area contributed by atoms with E-state index >= 15 is 17.6 Å². The number of carbonyl (C=O) groups is 4. The molecule has 92 heavy (non-hydrogen) atoms. The molecule has 492 valence electrons. The number of aromatic nitrogens is 3. The second-order valence-corrected chi connectivity index (χ2v) is 34.6. The third-order valence-corrected chi connectivity index (χ3v) is 27.1. The van der Waals surface area contributed by atoms with Gasteiger partial charge in [0.25, 0.3) is 11.8 Å². The van der Waals surface area contributed by atoms with Crippen molar-refractivity contribution in [2.45, 2.75) is 179 Å². The monoisotopic (exact) mass is 1290 g/mol. The predicted molar refractivity (Wildman–Crippen MR) is 345 cm³/mol. The van der Waals surface area contributed by atoms with Crippen molar-refractivity contribution in [3.8, 4) is 34.5 Å². The number of piperidine rings is 3. The molecule has 17 nitrogen and oxygen atoms in total. The lowest BCUT2D eigenvalue weighted by atomic mass is 9.84. The molecular formula is C70H87F4N9O8Si. The van der Waals surface area contributed by atoms with Crippen LogP contribution in [0.1, 0.15) is 153 Å². The van der Waals surface area contributed by atoms with Crippen LogP contribution in [-0.4, -0.2) is 169 Å². The van der Waals surface area contributed by atoms with Gasteiger partial charge in [-0.2, -0.15) is 9.97 Å². The number of ether oxygens (including phenoxy) is 4. The number of amides is 4. The molecule has 2 bridgehead atoms. The van der Waals surface area contributed by atoms with E-state index in [0.717, 1.165) is 58.2 Å². The number of benzene rings is 3. The number of alkyl halides is 2. The van der Waals surface area contributed by atoms with E-state index in [1.54, 1.807) is 42.6 Å². The van der Waals surface area contributed by atoms with Gasteiger partial charge in [-0.15, -0.1) is 5.54 Å². The molecule has 1 aliphatic carbocycles. The second kappa shape index (κ2) is 25.4. The van der Waals surface area contributed by atoms with Crippen molar-refractivity contribution < 1.29 is 55.7 Å². The Kier molecular flexibility index (Phi) is 18.0. The van der Waals surface area contributed by atoms with Gasteiger partial charge in [0.1, 0.15) is 48.3 Å². The van der Waals surface area contributed by atoms with Crippen LogP contribution in [0.4, 0.5) is 28.2 Å². The average molecular weight is 1290 g/mol. The number of anilines is 1. The van der Waals surface area contributed by atoms with Gasteiger partial charge in [0.05, 0.1) is 42.1 Å². The molecular weight excluding hydrogens is 1200 g/mol. The van der Waals surface area contributed by atoms with Crippen molar-refractivity contribution >= 4 is 59.4 Å². The fourth-order valence-electron chi connectivity index (χ4n) is 16.0. The lowest BCUT2D eigenvalue weighted by molar-refractivity contribution is -0.136. The lowest BCUT2D eigenvalue weighted by Gasteiger charge is -2.42. The maximum Gasteiger partial charge on any atom is 0.410 e. The molecule has 1 saturated carbocycles. The number of rotatable bonds is 17. The van der Waals surface area contributed by atoms with Crippen molar-refractivity contribution in [3.63, 3.8) is 0 Å². The quantitative estimate of drug-likeness (QED) is 0.0306. The lowest BCUT2D eigenvalue weighted by Crippen LogP contribution is -2.57. The molecule has 6 aliphatic heterocycles. The highest BCUT2D eigenvalue weighted by Crippen LogP contribution is 2.49. The van der Waals surface area contributed by atoms with E-state index in [9.17, 15) is 19.2 Å². The van der Waals surface area contributed by atoms with Gasteiger partial charge in [-0.25, -0.2) is 22.4 Å². The van der Waals surface area contributed by atoms with Crippen LogP contribution in [0.15, 0.2) is 48.7 Å². The summed E-state index contributed by atoms with van der Waals surface area (Å²) in [6.45, 7) is 23.0. The summed E-state index contributed by atoms with van der Waals surface area (Å²) in [4.78, 5) is 75.9. The number of hydrogen-bond donors (Lipinski definition) is 1. The highest BCUT2D eigenvalue weighted by Gasteiger charge is 2.50. The molecule has 4 amide bonds. The summed E-state index contributed by atoms with van der Waals surface area (Å²) < 4.78 is 91.2. The zero-order valence-electron chi connectivity index (χ0n) is 54.7. The van der Waals surface area contributed by atoms with Crippen molar-refractivity contribution in [2.24, 2.45) is 11.3 Å². The highest BCUT2D eigenvalue weighted by atomic mass is 28.3. The molecule has 5 saturated heterocycles. The van der Waals surface area contributed by atoms with Crippen molar-refractivity contribution in [2.75, 3.05) is 77.8 Å². The molecule has 3 aromatic carbocycles. The normalized spacial score (nSPS) is 22.8. The molecule has 0 radical (unpaired) electrons. The summed E-state index contributed by atoms with van der Waals surface area (Å²) >= 11 is 0. The third-order valence-electron chi connectivity index (χ3n) is 20.8. The Hall–Kier alpha value is -6.93. The topological polar surface area (TPSA) is 172 Å². The van der Waals surface area contributed by atoms with Crippen LogP contribution >= 0.6 is 0 Å². The zero-order chi connectivity index (χ0) is 65.3. The first-order valence-electron chi connectivity index (χ1n) is 33.0. The molecule has 4 atom stereocenters. The van der Waals surface area contributed by atoms with Crippen LogP contribution in [0, 0.1) is 34.4 Å². The standard InChI is InChI=1S/C70H87F4N9O8Si/c1-41(2)92(42(3)4,43(5)6)28-22-52-56(71)16-12-46-30-50(90-40-88-10)31-53(59(46)52)61-60(72)62-54(32-75-61)63(81-35-48-13-14-49(36-81)83(48)67(87)91-68(7,8)9)78-66(77-62)89-39-69(23-24-69)37-79-25-19-44(20-26-79)33-80-27-21-55(70(73,74)38-80)45-11-15-51-47(29-45)34-82(65(51)86)57-17-18-58(84)76-64(57)85/h11-12,15-16,29-32,41-44,48-49,55,57H,13-14,17-21,23-27,33-40H2,1-10H3,(H,76,84,85)/t48-,49+,55?,57?. The smallest absolute Gasteiger partial charge is 0.410 e. The molecule has 7 aliphatic rings. The fraction of sp³-hybridized carbons (Fsp3) is 0.586. The molecule has 1 N–H and O–H groups in total. The molecule has 6 fully saturated rings. The summed E-state index contributed by atoms with van der Waals surface area (Å²) in [5.41, 5.74) is 5.45. The Morgan fingerprint density at radius 3 is 2.21 bits per heavy atom. The summed E-state index contributed by atoms with van der Waals surface area (Å²) in [5.74, 6) is -2.13. The molecule has 0 spiro atoms. The third kappa shape index (κ3) is 12.8. The Bertz CT molecular complexity index is 3730. The Balaban J connectivity index is 0.772. The first kappa shape index (κ1) is 65.1. The zero-order valence-corrected chi connectivity index (χ0v) is 55.7. The first-order valence-corrected chi connectivity index (χ1v) is 35.3. The van der Waals surface area contributed by atoms with Gasteiger partial charge in [-0.3, -0.25) is 34.5 Å². The summed E-state index contributed by atoms with van der Waals surface area (Å²) in [5, 5.41) is 3.64. The van der Waals surface area contributed by atoms with E-state index in [2.05, 4.69) is 68.1 Å². The Labute approximate surface area is 537 Å². The minimum absolute atomic E-state index is 0.00397. The van der Waals surface area contributed by atoms with Crippen molar-refractivity contribution in [3.05, 3.63) is 82.5 Å². The summed E-state index contributed by atoms with van der Waals surface area (Å²) in [6, 6.07) is 10.2. The van der Waals surface area contributed by atoms with Gasteiger partial charge in [0.15, 0.2) is 12.6 Å². The number of halogens is 4. The summed E-state index contributed by atoms with van der Waals surface area (Å²) in [7, 11) is -0.872. The van der Waals surface area contributed by atoms with Crippen LogP contribution in [-0.2, 0) is 25.6 Å². The fourth-order valence-corrected chi connectivity index (χ4v) is 21.2. The van der Waals surface area contributed by atoms with Gasteiger partial charge in [-0.1, -0.05) is 65.7 Å². The number of imide groups is 1. The number of pyridine rings is 1. The number of fused-ring (bicyclic) bond motifs is 5. The Morgan fingerprint density at radius 2 is 1.55 bits per heavy atom. The van der Waals surface area contributed by atoms with E-state index in [-0.39, 0.29) is 132 Å². The second-order valence-electron chi connectivity index (χ2n) is 29.0. The van der Waals surface area contributed by atoms with Crippen molar-refractivity contribution in [1.82, 2.24) is 39.9 Å². The maximum absolute atomic E-state index is 18.3. The molecule has 22 heteroatoms. The van der Waals surface area contributed by atoms with Gasteiger partial charge in [0, 0.05) is 74.4 Å². The highest BCUT2D eigenvalue weighted by molar-refractivity contribution is 6.90. The molecule has 2 unspecified atom stereocenters. The van der Waals surface area contributed by atoms with Gasteiger partial charge in [0.2, 0.25) is 11.8 Å². The van der Waals surface area contributed by atoms with E-state index in [0.29, 0.717) is 70.6 Å².